The summed E-state index contributed by atoms with van der Waals surface area (Å²) in [6, 6.07) is 0. The van der Waals surface area contributed by atoms with E-state index < -0.39 is 0 Å². The fourth-order valence-electron chi connectivity index (χ4n) is 1.55. The largest absolute Gasteiger partial charge is 0.354 e. The maximum atomic E-state index is 11.4. The van der Waals surface area contributed by atoms with Gasteiger partial charge in [-0.15, -0.1) is 0 Å². The summed E-state index contributed by atoms with van der Waals surface area (Å²) in [6.07, 6.45) is 3.28. The number of carbonyl (C=O) groups excluding carboxylic acids is 2. The molecule has 14 heavy (non-hydrogen) atoms. The van der Waals surface area contributed by atoms with E-state index in [0.29, 0.717) is 25.9 Å². The summed E-state index contributed by atoms with van der Waals surface area (Å²) in [4.78, 5) is 24.1. The summed E-state index contributed by atoms with van der Waals surface area (Å²) in [5.41, 5.74) is 0. The molecule has 4 heteroatoms. The third kappa shape index (κ3) is 3.36. The Kier molecular flexibility index (Phi) is 4.43. The molecule has 2 amide bonds. The Morgan fingerprint density at radius 1 is 1.50 bits per heavy atom. The minimum atomic E-state index is 0.0504. The third-order valence-electron chi connectivity index (χ3n) is 2.45. The lowest BCUT2D eigenvalue weighted by molar-refractivity contribution is -0.133. The molecule has 0 bridgehead atoms. The van der Waals surface area contributed by atoms with E-state index in [1.54, 1.807) is 0 Å². The van der Waals surface area contributed by atoms with Crippen molar-refractivity contribution in [1.82, 2.24) is 10.2 Å². The number of hydrogen-bond acceptors (Lipinski definition) is 2. The van der Waals surface area contributed by atoms with Gasteiger partial charge >= 0.3 is 0 Å². The van der Waals surface area contributed by atoms with Crippen LogP contribution < -0.4 is 5.32 Å². The van der Waals surface area contributed by atoms with Crippen LogP contribution in [0.25, 0.3) is 0 Å². The highest BCUT2D eigenvalue weighted by atomic mass is 16.2. The van der Waals surface area contributed by atoms with Crippen LogP contribution in [0.3, 0.4) is 0 Å². The highest BCUT2D eigenvalue weighted by molar-refractivity contribution is 5.77. The molecule has 0 unspecified atom stereocenters. The Balaban J connectivity index is 2.16. The molecule has 1 N–H and O–H groups in total. The maximum Gasteiger partial charge on any atom is 0.222 e. The van der Waals surface area contributed by atoms with Crippen LogP contribution >= 0.6 is 0 Å². The third-order valence-corrected chi connectivity index (χ3v) is 2.45. The Morgan fingerprint density at radius 2 is 2.29 bits per heavy atom. The molecule has 1 heterocycles. The van der Waals surface area contributed by atoms with Crippen molar-refractivity contribution < 1.29 is 9.59 Å². The standard InChI is InChI=1S/C10H18N2O2/c1-2-9(13)11-6-8-12-7-4-3-5-10(12)14/h2-8H2,1H3,(H,11,13). The highest BCUT2D eigenvalue weighted by Crippen LogP contribution is 2.09. The number of nitrogens with one attached hydrogen (secondary N) is 1. The SMILES string of the molecule is CCC(=O)NCCN1CCCCC1=O. The molecular weight excluding hydrogens is 180 g/mol. The molecule has 0 aromatic heterocycles. The van der Waals surface area contributed by atoms with Crippen LogP contribution in [-0.2, 0) is 9.59 Å². The van der Waals surface area contributed by atoms with Crippen molar-refractivity contribution in [2.75, 3.05) is 19.6 Å². The van der Waals surface area contributed by atoms with E-state index in [-0.39, 0.29) is 11.8 Å². The van der Waals surface area contributed by atoms with Gasteiger partial charge in [-0.3, -0.25) is 9.59 Å². The molecule has 1 rings (SSSR count). The van der Waals surface area contributed by atoms with Crippen LogP contribution in [0.1, 0.15) is 32.6 Å². The molecular formula is C10H18N2O2. The van der Waals surface area contributed by atoms with Gasteiger partial charge in [0.25, 0.3) is 0 Å². The van der Waals surface area contributed by atoms with Crippen LogP contribution in [-0.4, -0.2) is 36.3 Å². The summed E-state index contributed by atoms with van der Waals surface area (Å²) < 4.78 is 0. The number of piperidine rings is 1. The molecule has 1 saturated heterocycles. The van der Waals surface area contributed by atoms with Crippen molar-refractivity contribution in [2.24, 2.45) is 0 Å². The second kappa shape index (κ2) is 5.62. The summed E-state index contributed by atoms with van der Waals surface area (Å²) in [5, 5.41) is 2.77. The predicted octanol–water partition coefficient (Wildman–Crippen LogP) is 0.525. The van der Waals surface area contributed by atoms with Crippen LogP contribution in [0.5, 0.6) is 0 Å². The molecule has 0 aromatic rings. The van der Waals surface area contributed by atoms with Crippen molar-refractivity contribution in [3.63, 3.8) is 0 Å². The normalized spacial score (nSPS) is 16.9. The van der Waals surface area contributed by atoms with Gasteiger partial charge in [-0.2, -0.15) is 0 Å². The summed E-state index contributed by atoms with van der Waals surface area (Å²) >= 11 is 0. The van der Waals surface area contributed by atoms with Crippen molar-refractivity contribution in [2.45, 2.75) is 32.6 Å². The fourth-order valence-corrected chi connectivity index (χ4v) is 1.55. The first kappa shape index (κ1) is 11.0. The van der Waals surface area contributed by atoms with Crippen molar-refractivity contribution >= 4 is 11.8 Å². The van der Waals surface area contributed by atoms with Gasteiger partial charge in [-0.25, -0.2) is 0 Å². The van der Waals surface area contributed by atoms with Crippen LogP contribution in [0.15, 0.2) is 0 Å². The monoisotopic (exact) mass is 198 g/mol. The molecule has 1 fully saturated rings. The first-order valence-corrected chi connectivity index (χ1v) is 5.28. The van der Waals surface area contributed by atoms with Crippen LogP contribution in [0, 0.1) is 0 Å². The minimum Gasteiger partial charge on any atom is -0.354 e. The molecule has 0 aliphatic carbocycles. The van der Waals surface area contributed by atoms with Crippen molar-refractivity contribution in [1.29, 1.82) is 0 Å². The molecule has 0 aromatic carbocycles. The second-order valence-corrected chi connectivity index (χ2v) is 3.54. The smallest absolute Gasteiger partial charge is 0.222 e. The summed E-state index contributed by atoms with van der Waals surface area (Å²) in [7, 11) is 0. The molecule has 80 valence electrons. The lowest BCUT2D eigenvalue weighted by Crippen LogP contribution is -2.40. The molecule has 0 saturated carbocycles. The molecule has 1 aliphatic rings. The average molecular weight is 198 g/mol. The molecule has 4 nitrogen and oxygen atoms in total. The Morgan fingerprint density at radius 3 is 2.93 bits per heavy atom. The van der Waals surface area contributed by atoms with E-state index in [4.69, 9.17) is 0 Å². The minimum absolute atomic E-state index is 0.0504. The van der Waals surface area contributed by atoms with Crippen molar-refractivity contribution in [3.05, 3.63) is 0 Å². The zero-order valence-corrected chi connectivity index (χ0v) is 8.71. The number of likely N-dealkylation sites (tertiary alicyclic amines) is 1. The quantitative estimate of drug-likeness (QED) is 0.716. The van der Waals surface area contributed by atoms with E-state index in [1.165, 1.54) is 0 Å². The van der Waals surface area contributed by atoms with Crippen LogP contribution in [0.2, 0.25) is 0 Å². The van der Waals surface area contributed by atoms with Crippen LogP contribution in [0.4, 0.5) is 0 Å². The lowest BCUT2D eigenvalue weighted by Gasteiger charge is -2.26. The highest BCUT2D eigenvalue weighted by Gasteiger charge is 2.16. The number of hydrogen-bond donors (Lipinski definition) is 1. The Labute approximate surface area is 84.7 Å². The van der Waals surface area contributed by atoms with E-state index in [2.05, 4.69) is 5.32 Å². The predicted molar refractivity (Wildman–Crippen MR) is 53.7 cm³/mol. The molecule has 0 radical (unpaired) electrons. The van der Waals surface area contributed by atoms with Gasteiger partial charge in [0.05, 0.1) is 0 Å². The maximum absolute atomic E-state index is 11.4. The molecule has 0 atom stereocenters. The Bertz CT molecular complexity index is 216. The summed E-state index contributed by atoms with van der Waals surface area (Å²) in [5.74, 6) is 0.274. The number of rotatable bonds is 4. The van der Waals surface area contributed by atoms with E-state index in [0.717, 1.165) is 19.4 Å². The Hall–Kier alpha value is -1.06. The van der Waals surface area contributed by atoms with Gasteiger partial charge in [0.15, 0.2) is 0 Å². The first-order valence-electron chi connectivity index (χ1n) is 5.28. The lowest BCUT2D eigenvalue weighted by atomic mass is 10.1. The fraction of sp³-hybridized carbons (Fsp3) is 0.800. The van der Waals surface area contributed by atoms with E-state index in [1.807, 2.05) is 11.8 Å². The topological polar surface area (TPSA) is 49.4 Å². The number of amides is 2. The molecule has 1 aliphatic heterocycles. The van der Waals surface area contributed by atoms with E-state index >= 15 is 0 Å². The first-order chi connectivity index (χ1) is 6.74. The van der Waals surface area contributed by atoms with Gasteiger partial charge in [-0.05, 0) is 12.8 Å². The zero-order chi connectivity index (χ0) is 10.4. The zero-order valence-electron chi connectivity index (χ0n) is 8.71. The average Bonchev–Trinajstić information content (AvgIpc) is 2.20. The van der Waals surface area contributed by atoms with Gasteiger partial charge in [0, 0.05) is 32.5 Å². The number of carbonyl (C=O) groups is 2. The van der Waals surface area contributed by atoms with Gasteiger partial charge in [-0.1, -0.05) is 6.92 Å². The van der Waals surface area contributed by atoms with E-state index in [9.17, 15) is 9.59 Å². The van der Waals surface area contributed by atoms with Gasteiger partial charge in [0.2, 0.25) is 11.8 Å². The molecule has 0 spiro atoms. The summed E-state index contributed by atoms with van der Waals surface area (Å²) in [6.45, 7) is 3.91. The number of nitrogens with zero attached hydrogens (tertiary/aromatic N) is 1. The van der Waals surface area contributed by atoms with Crippen molar-refractivity contribution in [3.8, 4) is 0 Å². The second-order valence-electron chi connectivity index (χ2n) is 3.54. The van der Waals surface area contributed by atoms with Gasteiger partial charge < -0.3 is 10.2 Å². The van der Waals surface area contributed by atoms with Gasteiger partial charge in [0.1, 0.15) is 0 Å².